The third-order valence-corrected chi connectivity index (χ3v) is 17.0. The van der Waals surface area contributed by atoms with Gasteiger partial charge in [0.2, 0.25) is 0 Å². The number of H-pyrrole nitrogens is 2. The Morgan fingerprint density at radius 1 is 0.243 bits per heavy atom. The first-order valence-corrected chi connectivity index (χ1v) is 28.3. The van der Waals surface area contributed by atoms with E-state index in [2.05, 4.69) is 168 Å². The van der Waals surface area contributed by atoms with Crippen molar-refractivity contribution >= 4 is 46.4 Å². The van der Waals surface area contributed by atoms with Crippen LogP contribution in [-0.2, 0) is 51.4 Å². The van der Waals surface area contributed by atoms with Crippen LogP contribution in [-0.4, -0.2) is 19.9 Å². The van der Waals surface area contributed by atoms with E-state index in [4.69, 9.17) is 9.97 Å². The van der Waals surface area contributed by atoms with Crippen LogP contribution in [0.3, 0.4) is 0 Å². The standard InChI is InChI=1S/C70H68N4/c1-5-21-47-25-13-17-33-55(47)67-59-37-38-60(71-59)68-56-34-18-14-26-48(56)22-6-2-10-30-52-46-54-32-12-4-8-24-50-28-16-20-36-58(50)70(66-44-43-65(68)74-66)62-40-39-61(72-62)69(64-42-41-63(67)73-64)57-35-19-15-27-49(57)23-7-3-11-31-53(54)45-51(52)29-9-1/h13-20,25-28,33-46,71-72H,1-12,21-24,29-32H2. The van der Waals surface area contributed by atoms with Gasteiger partial charge in [-0.2, -0.15) is 0 Å². The smallest absolute Gasteiger partial charge is 0.0737 e. The number of nitrogens with zero attached hydrogens (tertiary/aromatic N) is 2. The van der Waals surface area contributed by atoms with Gasteiger partial charge in [0.05, 0.1) is 22.8 Å². The number of rotatable bonds is 0. The maximum absolute atomic E-state index is 5.81. The van der Waals surface area contributed by atoms with Gasteiger partial charge in [0.25, 0.3) is 0 Å². The Bertz CT molecular complexity index is 3190. The average molecular weight is 965 g/mol. The van der Waals surface area contributed by atoms with Crippen LogP contribution in [0.4, 0.5) is 0 Å². The van der Waals surface area contributed by atoms with Crippen molar-refractivity contribution in [2.24, 2.45) is 0 Å². The van der Waals surface area contributed by atoms with E-state index in [1.165, 1.54) is 95.9 Å². The van der Waals surface area contributed by atoms with Gasteiger partial charge in [-0.25, -0.2) is 9.97 Å². The van der Waals surface area contributed by atoms with Crippen LogP contribution < -0.4 is 0 Å². The number of fused-ring (bicyclic) bond motifs is 18. The van der Waals surface area contributed by atoms with Crippen LogP contribution in [0.1, 0.15) is 144 Å². The second-order valence-corrected chi connectivity index (χ2v) is 21.8. The van der Waals surface area contributed by atoms with E-state index in [-0.39, 0.29) is 0 Å². The summed E-state index contributed by atoms with van der Waals surface area (Å²) in [5.74, 6) is 0. The van der Waals surface area contributed by atoms with Gasteiger partial charge in [-0.15, -0.1) is 0 Å². The Labute approximate surface area is 437 Å². The summed E-state index contributed by atoms with van der Waals surface area (Å²) in [7, 11) is 0. The summed E-state index contributed by atoms with van der Waals surface area (Å²) < 4.78 is 0. The molecule has 12 rings (SSSR count). The Morgan fingerprint density at radius 2 is 0.473 bits per heavy atom. The van der Waals surface area contributed by atoms with E-state index in [9.17, 15) is 0 Å². The predicted molar refractivity (Wildman–Crippen MR) is 312 cm³/mol. The number of aromatic amines is 2. The van der Waals surface area contributed by atoms with Crippen molar-refractivity contribution in [3.63, 3.8) is 0 Å². The lowest BCUT2D eigenvalue weighted by atomic mass is 9.87. The zero-order valence-electron chi connectivity index (χ0n) is 43.0. The molecular formula is C70H68N4. The van der Waals surface area contributed by atoms with Gasteiger partial charge in [0, 0.05) is 44.3 Å². The molecule has 7 heterocycles. The molecule has 2 N–H and O–H groups in total. The first-order valence-electron chi connectivity index (χ1n) is 28.3. The summed E-state index contributed by atoms with van der Waals surface area (Å²) in [6.07, 6.45) is 32.1. The molecule has 12 bridgehead atoms. The van der Waals surface area contributed by atoms with E-state index in [1.807, 2.05) is 0 Å². The van der Waals surface area contributed by atoms with Crippen molar-refractivity contribution in [2.75, 3.05) is 0 Å². The number of hydrogen-bond donors (Lipinski definition) is 2. The monoisotopic (exact) mass is 965 g/mol. The molecule has 5 aromatic carbocycles. The highest BCUT2D eigenvalue weighted by atomic mass is 14.8. The van der Waals surface area contributed by atoms with E-state index >= 15 is 0 Å². The zero-order valence-corrected chi connectivity index (χ0v) is 43.0. The molecule has 4 nitrogen and oxygen atoms in total. The van der Waals surface area contributed by atoms with Crippen LogP contribution in [0.25, 0.3) is 90.9 Å². The maximum Gasteiger partial charge on any atom is 0.0737 e. The van der Waals surface area contributed by atoms with Crippen LogP contribution >= 0.6 is 0 Å². The number of aromatic nitrogens is 4. The zero-order chi connectivity index (χ0) is 49.2. The van der Waals surface area contributed by atoms with E-state index < -0.39 is 0 Å². The molecule has 0 fully saturated rings. The summed E-state index contributed by atoms with van der Waals surface area (Å²) in [5.41, 5.74) is 29.7. The van der Waals surface area contributed by atoms with Gasteiger partial charge >= 0.3 is 0 Å². The Balaban J connectivity index is 1.19. The maximum atomic E-state index is 5.81. The quantitative estimate of drug-likeness (QED) is 0.159. The largest absolute Gasteiger partial charge is 0.354 e. The Morgan fingerprint density at radius 3 is 0.730 bits per heavy atom. The summed E-state index contributed by atoms with van der Waals surface area (Å²) in [6, 6.07) is 51.3. The van der Waals surface area contributed by atoms with Gasteiger partial charge in [-0.3, -0.25) is 0 Å². The summed E-state index contributed by atoms with van der Waals surface area (Å²) in [4.78, 5) is 19.8. The molecular weight excluding hydrogens is 897 g/mol. The molecule has 0 saturated carbocycles. The fourth-order valence-electron chi connectivity index (χ4n) is 13.2. The molecule has 4 aliphatic heterocycles. The van der Waals surface area contributed by atoms with Crippen molar-refractivity contribution in [3.8, 4) is 44.5 Å². The topological polar surface area (TPSA) is 57.4 Å². The SMILES string of the molecule is C1=Cc2nc1c1c3ccc([nH]3)c3c4nc(c5c6ccc([nH]6)c2-c2ccccc2CCCCCc2cc(c(cc2CCCCCc2ccccc2-5)CCCCCc2ccccc2-3)CCCCCc2ccccc2-1)C=C4. The van der Waals surface area contributed by atoms with Crippen molar-refractivity contribution in [3.05, 3.63) is 201 Å². The van der Waals surface area contributed by atoms with Crippen molar-refractivity contribution in [1.29, 1.82) is 0 Å². The normalized spacial score (nSPS) is 16.0. The molecule has 368 valence electrons. The van der Waals surface area contributed by atoms with Gasteiger partial charge in [0.15, 0.2) is 0 Å². The van der Waals surface area contributed by atoms with Crippen molar-refractivity contribution < 1.29 is 0 Å². The van der Waals surface area contributed by atoms with Gasteiger partial charge < -0.3 is 9.97 Å². The molecule has 8 aromatic rings. The molecule has 0 saturated heterocycles. The highest BCUT2D eigenvalue weighted by molar-refractivity contribution is 6.01. The molecule has 4 heteroatoms. The molecule has 0 aliphatic carbocycles. The molecule has 3 aromatic heterocycles. The van der Waals surface area contributed by atoms with Gasteiger partial charge in [0.1, 0.15) is 0 Å². The average Bonchev–Trinajstić information content (AvgIpc) is 4.29. The number of benzene rings is 5. The third kappa shape index (κ3) is 9.22. The predicted octanol–water partition coefficient (Wildman–Crippen LogP) is 18.1. The van der Waals surface area contributed by atoms with Crippen LogP contribution in [0.5, 0.6) is 0 Å². The Hall–Kier alpha value is -7.30. The third-order valence-electron chi connectivity index (χ3n) is 17.0. The van der Waals surface area contributed by atoms with Crippen LogP contribution in [0.2, 0.25) is 0 Å². The molecule has 0 spiro atoms. The van der Waals surface area contributed by atoms with Crippen LogP contribution in [0.15, 0.2) is 133 Å². The lowest BCUT2D eigenvalue weighted by Gasteiger charge is -2.18. The van der Waals surface area contributed by atoms with E-state index in [0.717, 1.165) is 144 Å². The summed E-state index contributed by atoms with van der Waals surface area (Å²) >= 11 is 0. The number of nitrogens with one attached hydrogen (secondary N) is 2. The second-order valence-electron chi connectivity index (χ2n) is 21.8. The highest BCUT2D eigenvalue weighted by Gasteiger charge is 2.23. The highest BCUT2D eigenvalue weighted by Crippen LogP contribution is 2.42. The molecule has 0 unspecified atom stereocenters. The Kier molecular flexibility index (Phi) is 13.1. The van der Waals surface area contributed by atoms with E-state index in [0.29, 0.717) is 0 Å². The summed E-state index contributed by atoms with van der Waals surface area (Å²) in [6.45, 7) is 0. The van der Waals surface area contributed by atoms with Crippen LogP contribution in [0, 0.1) is 0 Å². The van der Waals surface area contributed by atoms with E-state index in [1.54, 1.807) is 22.3 Å². The first-order chi connectivity index (χ1) is 36.7. The second kappa shape index (κ2) is 20.9. The minimum absolute atomic E-state index is 0.983. The number of aryl methyl sites for hydroxylation is 8. The van der Waals surface area contributed by atoms with Gasteiger partial charge in [-0.05, 0) is 218 Å². The minimum Gasteiger partial charge on any atom is -0.354 e. The molecule has 0 amide bonds. The lowest BCUT2D eigenvalue weighted by molar-refractivity contribution is 0.649. The molecule has 4 aliphatic rings. The van der Waals surface area contributed by atoms with Gasteiger partial charge in [-0.1, -0.05) is 135 Å². The first kappa shape index (κ1) is 46.5. The van der Waals surface area contributed by atoms with Crippen molar-refractivity contribution in [2.45, 2.75) is 128 Å². The fourth-order valence-corrected chi connectivity index (χ4v) is 13.2. The number of hydrogen-bond acceptors (Lipinski definition) is 2. The molecule has 0 atom stereocenters. The summed E-state index contributed by atoms with van der Waals surface area (Å²) in [5, 5.41) is 0. The molecule has 0 radical (unpaired) electrons. The fraction of sp³-hybridized carbons (Fsp3) is 0.286. The molecule has 74 heavy (non-hydrogen) atoms. The lowest BCUT2D eigenvalue weighted by Crippen LogP contribution is -2.04. The minimum atomic E-state index is 0.983. The van der Waals surface area contributed by atoms with Crippen molar-refractivity contribution in [1.82, 2.24) is 19.9 Å².